The molecule has 9 nitrogen and oxygen atoms in total. The minimum Gasteiger partial charge on any atom is -0.497 e. The van der Waals surface area contributed by atoms with Crippen LogP contribution in [0.5, 0.6) is 11.5 Å². The lowest BCUT2D eigenvalue weighted by molar-refractivity contribution is -0.113. The second-order valence-electron chi connectivity index (χ2n) is 6.33. The summed E-state index contributed by atoms with van der Waals surface area (Å²) in [5.41, 5.74) is 1.24. The van der Waals surface area contributed by atoms with E-state index < -0.39 is 0 Å². The Morgan fingerprint density at radius 3 is 2.87 bits per heavy atom. The molecule has 2 aromatic heterocycles. The molecule has 11 heteroatoms. The molecule has 0 bridgehead atoms. The molecule has 0 unspecified atom stereocenters. The molecule has 1 amide bonds. The standard InChI is InChI=1S/C19H21N5O4S2/c1-26-12-3-4-13(14(9-12)27-2)22-15(25)10-29-18-16-17(20-11-21-18)23-19(30-16)24-5-7-28-8-6-24/h3-4,9,11H,5-8,10H2,1-2H3,(H,22,25). The average molecular weight is 448 g/mol. The largest absolute Gasteiger partial charge is 0.497 e. The fourth-order valence-electron chi connectivity index (χ4n) is 2.94. The molecule has 1 saturated heterocycles. The van der Waals surface area contributed by atoms with Gasteiger partial charge in [0.1, 0.15) is 27.6 Å². The number of methoxy groups -OCH3 is 2. The predicted octanol–water partition coefficient (Wildman–Crippen LogP) is 2.67. The maximum Gasteiger partial charge on any atom is 0.234 e. The lowest BCUT2D eigenvalue weighted by atomic mass is 10.2. The summed E-state index contributed by atoms with van der Waals surface area (Å²) in [6.45, 7) is 3.00. The first-order valence-corrected chi connectivity index (χ1v) is 11.1. The second-order valence-corrected chi connectivity index (χ2v) is 8.27. The van der Waals surface area contributed by atoms with Crippen molar-refractivity contribution in [2.24, 2.45) is 0 Å². The van der Waals surface area contributed by atoms with Crippen LogP contribution >= 0.6 is 23.1 Å². The molecule has 3 heterocycles. The first-order chi connectivity index (χ1) is 14.7. The minimum absolute atomic E-state index is 0.159. The van der Waals surface area contributed by atoms with Crippen molar-refractivity contribution in [1.29, 1.82) is 0 Å². The summed E-state index contributed by atoms with van der Waals surface area (Å²) in [6.07, 6.45) is 1.48. The highest BCUT2D eigenvalue weighted by Gasteiger charge is 2.19. The summed E-state index contributed by atoms with van der Waals surface area (Å²) in [6, 6.07) is 5.24. The smallest absolute Gasteiger partial charge is 0.234 e. The van der Waals surface area contributed by atoms with Gasteiger partial charge in [0.2, 0.25) is 5.91 Å². The molecule has 0 spiro atoms. The van der Waals surface area contributed by atoms with Crippen LogP contribution in [-0.2, 0) is 9.53 Å². The van der Waals surface area contributed by atoms with Crippen LogP contribution in [-0.4, -0.2) is 67.1 Å². The van der Waals surface area contributed by atoms with Crippen LogP contribution in [0.4, 0.5) is 10.8 Å². The Kier molecular flexibility index (Phi) is 6.50. The highest BCUT2D eigenvalue weighted by atomic mass is 32.2. The van der Waals surface area contributed by atoms with Gasteiger partial charge >= 0.3 is 0 Å². The Bertz CT molecular complexity index is 1040. The normalized spacial score (nSPS) is 14.0. The number of hydrogen-bond donors (Lipinski definition) is 1. The number of anilines is 2. The van der Waals surface area contributed by atoms with Gasteiger partial charge in [0.05, 0.1) is 38.9 Å². The molecule has 158 valence electrons. The van der Waals surface area contributed by atoms with Gasteiger partial charge < -0.3 is 24.4 Å². The van der Waals surface area contributed by atoms with Crippen LogP contribution in [0.2, 0.25) is 0 Å². The summed E-state index contributed by atoms with van der Waals surface area (Å²) >= 11 is 2.90. The van der Waals surface area contributed by atoms with Crippen LogP contribution < -0.4 is 19.7 Å². The number of amides is 1. The highest BCUT2D eigenvalue weighted by Crippen LogP contribution is 2.34. The van der Waals surface area contributed by atoms with Crippen molar-refractivity contribution >= 4 is 50.2 Å². The summed E-state index contributed by atoms with van der Waals surface area (Å²) in [4.78, 5) is 28.0. The Morgan fingerprint density at radius 1 is 1.27 bits per heavy atom. The van der Waals surface area contributed by atoms with E-state index in [1.54, 1.807) is 43.8 Å². The van der Waals surface area contributed by atoms with E-state index in [1.165, 1.54) is 18.1 Å². The quantitative estimate of drug-likeness (QED) is 0.433. The molecule has 4 rings (SSSR count). The molecule has 30 heavy (non-hydrogen) atoms. The van der Waals surface area contributed by atoms with Gasteiger partial charge in [0, 0.05) is 19.2 Å². The predicted molar refractivity (Wildman–Crippen MR) is 117 cm³/mol. The van der Waals surface area contributed by atoms with Crippen LogP contribution in [0.25, 0.3) is 10.3 Å². The van der Waals surface area contributed by atoms with Crippen molar-refractivity contribution in [3.05, 3.63) is 24.5 Å². The zero-order valence-electron chi connectivity index (χ0n) is 16.6. The first kappa shape index (κ1) is 20.6. The van der Waals surface area contributed by atoms with Crippen molar-refractivity contribution in [2.45, 2.75) is 5.03 Å². The molecular formula is C19H21N5O4S2. The van der Waals surface area contributed by atoms with E-state index in [0.29, 0.717) is 36.0 Å². The van der Waals surface area contributed by atoms with E-state index in [1.807, 2.05) is 0 Å². The molecule has 0 radical (unpaired) electrons. The van der Waals surface area contributed by atoms with E-state index in [4.69, 9.17) is 14.2 Å². The monoisotopic (exact) mass is 447 g/mol. The fraction of sp³-hybridized carbons (Fsp3) is 0.368. The van der Waals surface area contributed by atoms with Gasteiger partial charge in [-0.2, -0.15) is 4.98 Å². The van der Waals surface area contributed by atoms with Crippen molar-refractivity contribution in [1.82, 2.24) is 15.0 Å². The minimum atomic E-state index is -0.159. The Morgan fingerprint density at radius 2 is 2.10 bits per heavy atom. The maximum absolute atomic E-state index is 12.5. The van der Waals surface area contributed by atoms with Crippen molar-refractivity contribution in [3.63, 3.8) is 0 Å². The number of aromatic nitrogens is 3. The molecule has 0 atom stereocenters. The molecule has 1 fully saturated rings. The number of nitrogens with zero attached hydrogens (tertiary/aromatic N) is 4. The van der Waals surface area contributed by atoms with Gasteiger partial charge in [-0.25, -0.2) is 9.97 Å². The number of hydrogen-bond acceptors (Lipinski definition) is 10. The third-order valence-electron chi connectivity index (χ3n) is 4.45. The molecular weight excluding hydrogens is 426 g/mol. The zero-order chi connectivity index (χ0) is 20.9. The Hall–Kier alpha value is -2.63. The maximum atomic E-state index is 12.5. The van der Waals surface area contributed by atoms with E-state index in [0.717, 1.165) is 27.9 Å². The average Bonchev–Trinajstić information content (AvgIpc) is 3.23. The first-order valence-electron chi connectivity index (χ1n) is 9.27. The number of carbonyl (C=O) groups excluding carboxylic acids is 1. The number of fused-ring (bicyclic) bond motifs is 1. The SMILES string of the molecule is COc1ccc(NC(=O)CSc2ncnc3nc(N4CCOCC4)sc23)c(OC)c1. The van der Waals surface area contributed by atoms with E-state index in [2.05, 4.69) is 25.2 Å². The third-order valence-corrected chi connectivity index (χ3v) is 6.68. The van der Waals surface area contributed by atoms with Crippen LogP contribution in [0.3, 0.4) is 0 Å². The number of morpholine rings is 1. The molecule has 1 aromatic carbocycles. The van der Waals surface area contributed by atoms with Gasteiger partial charge in [-0.3, -0.25) is 4.79 Å². The van der Waals surface area contributed by atoms with Gasteiger partial charge in [0.25, 0.3) is 0 Å². The second kappa shape index (κ2) is 9.45. The molecule has 1 aliphatic rings. The molecule has 0 aliphatic carbocycles. The lowest BCUT2D eigenvalue weighted by Gasteiger charge is -2.25. The number of thiazole rings is 1. The third kappa shape index (κ3) is 4.58. The number of ether oxygens (including phenoxy) is 3. The summed E-state index contributed by atoms with van der Waals surface area (Å²) in [5.74, 6) is 1.23. The molecule has 1 N–H and O–H groups in total. The number of benzene rings is 1. The zero-order valence-corrected chi connectivity index (χ0v) is 18.2. The van der Waals surface area contributed by atoms with Crippen LogP contribution in [0.1, 0.15) is 0 Å². The molecule has 1 aliphatic heterocycles. The number of carbonyl (C=O) groups is 1. The summed E-state index contributed by atoms with van der Waals surface area (Å²) in [5, 5.41) is 4.52. The van der Waals surface area contributed by atoms with Crippen molar-refractivity contribution in [3.8, 4) is 11.5 Å². The Labute approximate surface area is 181 Å². The van der Waals surface area contributed by atoms with Gasteiger partial charge in [-0.1, -0.05) is 23.1 Å². The molecule has 0 saturated carbocycles. The van der Waals surface area contributed by atoms with E-state index >= 15 is 0 Å². The van der Waals surface area contributed by atoms with Gasteiger partial charge in [0.15, 0.2) is 10.8 Å². The summed E-state index contributed by atoms with van der Waals surface area (Å²) in [7, 11) is 3.13. The van der Waals surface area contributed by atoms with Gasteiger partial charge in [-0.05, 0) is 12.1 Å². The number of nitrogens with one attached hydrogen (secondary N) is 1. The van der Waals surface area contributed by atoms with Crippen LogP contribution in [0.15, 0.2) is 29.6 Å². The fourth-order valence-corrected chi connectivity index (χ4v) is 4.88. The van der Waals surface area contributed by atoms with E-state index in [-0.39, 0.29) is 11.7 Å². The Balaban J connectivity index is 1.44. The number of rotatable bonds is 7. The lowest BCUT2D eigenvalue weighted by Crippen LogP contribution is -2.36. The molecule has 3 aromatic rings. The van der Waals surface area contributed by atoms with E-state index in [9.17, 15) is 4.79 Å². The topological polar surface area (TPSA) is 98.7 Å². The number of thioether (sulfide) groups is 1. The summed E-state index contributed by atoms with van der Waals surface area (Å²) < 4.78 is 16.8. The van der Waals surface area contributed by atoms with Gasteiger partial charge in [-0.15, -0.1) is 0 Å². The van der Waals surface area contributed by atoms with Crippen LogP contribution in [0, 0.1) is 0 Å². The highest BCUT2D eigenvalue weighted by molar-refractivity contribution is 8.00. The van der Waals surface area contributed by atoms with Crippen molar-refractivity contribution in [2.75, 3.05) is 56.5 Å². The van der Waals surface area contributed by atoms with Crippen molar-refractivity contribution < 1.29 is 19.0 Å².